The molecule has 2 aromatic rings. The van der Waals surface area contributed by atoms with Crippen molar-refractivity contribution in [3.63, 3.8) is 0 Å². The van der Waals surface area contributed by atoms with Crippen molar-refractivity contribution in [2.24, 2.45) is 5.92 Å². The highest BCUT2D eigenvalue weighted by molar-refractivity contribution is 5.74. The molecule has 2 rings (SSSR count). The lowest BCUT2D eigenvalue weighted by Crippen LogP contribution is -2.28. The van der Waals surface area contributed by atoms with Gasteiger partial charge in [-0.3, -0.25) is 9.59 Å². The van der Waals surface area contributed by atoms with E-state index in [4.69, 9.17) is 0 Å². The number of fused-ring (bicyclic) bond motifs is 1. The van der Waals surface area contributed by atoms with Crippen molar-refractivity contribution in [2.75, 3.05) is 0 Å². The highest BCUT2D eigenvalue weighted by Crippen LogP contribution is 2.22. The number of aromatic nitrogens is 2. The Morgan fingerprint density at radius 3 is 2.32 bits per heavy atom. The Bertz CT molecular complexity index is 685. The van der Waals surface area contributed by atoms with Gasteiger partial charge in [0, 0.05) is 0 Å². The summed E-state index contributed by atoms with van der Waals surface area (Å²) in [6.07, 6.45) is 1.06. The summed E-state index contributed by atoms with van der Waals surface area (Å²) in [5, 5.41) is 10.1. The molecule has 1 aromatic carbocycles. The van der Waals surface area contributed by atoms with Gasteiger partial charge in [-0.05, 0) is 36.5 Å². The standard InChI is InChI=1S/C14H18N2O3/c1-8(2)3-6-12(17)9-4-5-10-11(7-9)16-14(19)13(18)15-10/h4-5,7-8,12,17H,3,6H2,1-2H3,(H,15,18)(H,16,19). The van der Waals surface area contributed by atoms with Crippen LogP contribution < -0.4 is 11.1 Å². The Kier molecular flexibility index (Phi) is 3.85. The average Bonchev–Trinajstić information content (AvgIpc) is 2.36. The minimum absolute atomic E-state index is 0.533. The van der Waals surface area contributed by atoms with Gasteiger partial charge in [-0.1, -0.05) is 19.9 Å². The normalized spacial score (nSPS) is 13.1. The Labute approximate surface area is 110 Å². The molecule has 0 radical (unpaired) electrons. The lowest BCUT2D eigenvalue weighted by atomic mass is 9.99. The van der Waals surface area contributed by atoms with Crippen LogP contribution in [0.3, 0.4) is 0 Å². The zero-order chi connectivity index (χ0) is 14.0. The van der Waals surface area contributed by atoms with Crippen molar-refractivity contribution in [3.8, 4) is 0 Å². The predicted octanol–water partition coefficient (Wildman–Crippen LogP) is 1.69. The summed E-state index contributed by atoms with van der Waals surface area (Å²) in [6.45, 7) is 4.21. The molecule has 0 fully saturated rings. The van der Waals surface area contributed by atoms with E-state index in [1.54, 1.807) is 18.2 Å². The summed E-state index contributed by atoms with van der Waals surface area (Å²) < 4.78 is 0. The van der Waals surface area contributed by atoms with E-state index in [1.165, 1.54) is 0 Å². The molecule has 0 saturated heterocycles. The smallest absolute Gasteiger partial charge is 0.314 e. The number of hydrogen-bond acceptors (Lipinski definition) is 3. The van der Waals surface area contributed by atoms with E-state index in [-0.39, 0.29) is 0 Å². The number of rotatable bonds is 4. The summed E-state index contributed by atoms with van der Waals surface area (Å²) in [7, 11) is 0. The van der Waals surface area contributed by atoms with Crippen LogP contribution in [0.15, 0.2) is 27.8 Å². The van der Waals surface area contributed by atoms with Crippen LogP contribution in [0, 0.1) is 5.92 Å². The van der Waals surface area contributed by atoms with Crippen molar-refractivity contribution < 1.29 is 5.11 Å². The third-order valence-electron chi connectivity index (χ3n) is 3.15. The van der Waals surface area contributed by atoms with Gasteiger partial charge < -0.3 is 15.1 Å². The molecule has 0 aliphatic heterocycles. The van der Waals surface area contributed by atoms with Gasteiger partial charge >= 0.3 is 11.1 Å². The van der Waals surface area contributed by atoms with Crippen molar-refractivity contribution in [2.45, 2.75) is 32.8 Å². The van der Waals surface area contributed by atoms with Crippen molar-refractivity contribution in [3.05, 3.63) is 44.5 Å². The van der Waals surface area contributed by atoms with Crippen LogP contribution in [0.4, 0.5) is 0 Å². The van der Waals surface area contributed by atoms with Gasteiger partial charge in [0.15, 0.2) is 0 Å². The first-order chi connectivity index (χ1) is 8.97. The lowest BCUT2D eigenvalue weighted by molar-refractivity contribution is 0.159. The Morgan fingerprint density at radius 2 is 1.68 bits per heavy atom. The van der Waals surface area contributed by atoms with Gasteiger partial charge in [-0.25, -0.2) is 0 Å². The first-order valence-corrected chi connectivity index (χ1v) is 6.41. The first-order valence-electron chi connectivity index (χ1n) is 6.41. The van der Waals surface area contributed by atoms with Crippen LogP contribution in [0.25, 0.3) is 11.0 Å². The zero-order valence-electron chi connectivity index (χ0n) is 11.1. The SMILES string of the molecule is CC(C)CCC(O)c1ccc2[nH]c(=O)c(=O)[nH]c2c1. The molecule has 1 atom stereocenters. The summed E-state index contributed by atoms with van der Waals surface area (Å²) >= 11 is 0. The number of benzene rings is 1. The third kappa shape index (κ3) is 3.12. The van der Waals surface area contributed by atoms with Crippen LogP contribution in [-0.2, 0) is 0 Å². The molecule has 1 aromatic heterocycles. The second-order valence-electron chi connectivity index (χ2n) is 5.20. The fourth-order valence-electron chi connectivity index (χ4n) is 2.00. The largest absolute Gasteiger partial charge is 0.388 e. The molecule has 0 spiro atoms. The molecule has 0 amide bonds. The van der Waals surface area contributed by atoms with E-state index in [0.29, 0.717) is 23.4 Å². The van der Waals surface area contributed by atoms with Crippen molar-refractivity contribution >= 4 is 11.0 Å². The minimum atomic E-state index is -0.679. The van der Waals surface area contributed by atoms with E-state index in [0.717, 1.165) is 12.0 Å². The topological polar surface area (TPSA) is 85.9 Å². The number of aliphatic hydroxyl groups is 1. The van der Waals surface area contributed by atoms with Crippen LogP contribution in [0.5, 0.6) is 0 Å². The lowest BCUT2D eigenvalue weighted by Gasteiger charge is -2.13. The molecule has 19 heavy (non-hydrogen) atoms. The molecular formula is C14H18N2O3. The quantitative estimate of drug-likeness (QED) is 0.733. The Morgan fingerprint density at radius 1 is 1.05 bits per heavy atom. The zero-order valence-corrected chi connectivity index (χ0v) is 11.1. The fourth-order valence-corrected chi connectivity index (χ4v) is 2.00. The summed E-state index contributed by atoms with van der Waals surface area (Å²) in [5.74, 6) is 0.534. The Hall–Kier alpha value is -1.88. The molecule has 0 bridgehead atoms. The number of aromatic amines is 2. The van der Waals surface area contributed by atoms with Gasteiger partial charge in [0.2, 0.25) is 0 Å². The number of aliphatic hydroxyl groups excluding tert-OH is 1. The number of hydrogen-bond donors (Lipinski definition) is 3. The number of nitrogens with one attached hydrogen (secondary N) is 2. The molecule has 0 aliphatic carbocycles. The van der Waals surface area contributed by atoms with Crippen LogP contribution in [0.2, 0.25) is 0 Å². The molecule has 0 aliphatic rings. The molecule has 5 heteroatoms. The summed E-state index contributed by atoms with van der Waals surface area (Å²) in [6, 6.07) is 5.17. The molecule has 0 saturated carbocycles. The fraction of sp³-hybridized carbons (Fsp3) is 0.429. The molecule has 1 unspecified atom stereocenters. The maximum absolute atomic E-state index is 11.3. The van der Waals surface area contributed by atoms with E-state index < -0.39 is 17.2 Å². The van der Waals surface area contributed by atoms with E-state index in [9.17, 15) is 14.7 Å². The number of H-pyrrole nitrogens is 2. The highest BCUT2D eigenvalue weighted by Gasteiger charge is 2.10. The predicted molar refractivity (Wildman–Crippen MR) is 74.2 cm³/mol. The highest BCUT2D eigenvalue weighted by atomic mass is 16.3. The van der Waals surface area contributed by atoms with Crippen molar-refractivity contribution in [1.82, 2.24) is 9.97 Å². The van der Waals surface area contributed by atoms with Gasteiger partial charge in [-0.15, -0.1) is 0 Å². The molecule has 1 heterocycles. The summed E-state index contributed by atoms with van der Waals surface area (Å²) in [5.41, 5.74) is 0.493. The minimum Gasteiger partial charge on any atom is -0.388 e. The second-order valence-corrected chi connectivity index (χ2v) is 5.20. The monoisotopic (exact) mass is 262 g/mol. The maximum atomic E-state index is 11.3. The molecule has 3 N–H and O–H groups in total. The maximum Gasteiger partial charge on any atom is 0.314 e. The molecular weight excluding hydrogens is 244 g/mol. The average molecular weight is 262 g/mol. The van der Waals surface area contributed by atoms with Gasteiger partial charge in [0.25, 0.3) is 0 Å². The molecule has 102 valence electrons. The first kappa shape index (κ1) is 13.5. The van der Waals surface area contributed by atoms with Crippen molar-refractivity contribution in [1.29, 1.82) is 0 Å². The van der Waals surface area contributed by atoms with E-state index in [1.807, 2.05) is 0 Å². The van der Waals surface area contributed by atoms with Gasteiger partial charge in [0.1, 0.15) is 0 Å². The Balaban J connectivity index is 2.33. The molecule has 5 nitrogen and oxygen atoms in total. The second kappa shape index (κ2) is 5.40. The van der Waals surface area contributed by atoms with Crippen LogP contribution in [0.1, 0.15) is 38.4 Å². The van der Waals surface area contributed by atoms with E-state index >= 15 is 0 Å². The third-order valence-corrected chi connectivity index (χ3v) is 3.15. The van der Waals surface area contributed by atoms with Gasteiger partial charge in [-0.2, -0.15) is 0 Å². The summed E-state index contributed by atoms with van der Waals surface area (Å²) in [4.78, 5) is 27.4. The van der Waals surface area contributed by atoms with Crippen LogP contribution in [-0.4, -0.2) is 15.1 Å². The van der Waals surface area contributed by atoms with Crippen LogP contribution >= 0.6 is 0 Å². The van der Waals surface area contributed by atoms with Gasteiger partial charge in [0.05, 0.1) is 17.1 Å². The van der Waals surface area contributed by atoms with E-state index in [2.05, 4.69) is 23.8 Å².